The zero-order valence-corrected chi connectivity index (χ0v) is 8.51. The molecule has 80 valence electrons. The van der Waals surface area contributed by atoms with E-state index in [-0.39, 0.29) is 5.91 Å². The fourth-order valence-corrected chi connectivity index (χ4v) is 1.26. The van der Waals surface area contributed by atoms with Crippen molar-refractivity contribution in [3.63, 3.8) is 0 Å². The largest absolute Gasteiger partial charge is 0.445 e. The quantitative estimate of drug-likeness (QED) is 0.798. The molecule has 0 saturated carbocycles. The summed E-state index contributed by atoms with van der Waals surface area (Å²) in [6.07, 6.45) is 4.33. The van der Waals surface area contributed by atoms with Crippen molar-refractivity contribution in [2.45, 2.75) is 0 Å². The number of nitrogens with one attached hydrogen (secondary N) is 1. The van der Waals surface area contributed by atoms with Gasteiger partial charge in [0.05, 0.1) is 6.20 Å². The average molecular weight is 214 g/mol. The summed E-state index contributed by atoms with van der Waals surface area (Å²) >= 11 is 0. The predicted molar refractivity (Wildman–Crippen MR) is 60.8 cm³/mol. The van der Waals surface area contributed by atoms with Gasteiger partial charge in [-0.05, 0) is 30.3 Å². The molecule has 16 heavy (non-hydrogen) atoms. The smallest absolute Gasteiger partial charge is 0.247 e. The highest BCUT2D eigenvalue weighted by atomic mass is 16.3. The third-order valence-electron chi connectivity index (χ3n) is 2.02. The van der Waals surface area contributed by atoms with Gasteiger partial charge in [-0.3, -0.25) is 4.79 Å². The number of hydrogen-bond acceptors (Lipinski definition) is 3. The van der Waals surface area contributed by atoms with E-state index in [0.29, 0.717) is 11.6 Å². The monoisotopic (exact) mass is 214 g/mol. The molecule has 0 aliphatic rings. The van der Waals surface area contributed by atoms with E-state index in [1.54, 1.807) is 18.3 Å². The molecule has 0 saturated heterocycles. The molecule has 0 atom stereocenters. The van der Waals surface area contributed by atoms with Crippen LogP contribution in [0, 0.1) is 0 Å². The predicted octanol–water partition coefficient (Wildman–Crippen LogP) is 2.47. The van der Waals surface area contributed by atoms with Crippen LogP contribution in [0.1, 0.15) is 0 Å². The van der Waals surface area contributed by atoms with Crippen molar-refractivity contribution in [3.05, 3.63) is 49.4 Å². The number of benzene rings is 1. The number of amides is 1. The van der Waals surface area contributed by atoms with Crippen LogP contribution in [0.15, 0.2) is 53.8 Å². The summed E-state index contributed by atoms with van der Waals surface area (Å²) in [7, 11) is 0. The fraction of sp³-hybridized carbons (Fsp3) is 0. The summed E-state index contributed by atoms with van der Waals surface area (Å²) < 4.78 is 5.15. The first-order valence-electron chi connectivity index (χ1n) is 4.73. The lowest BCUT2D eigenvalue weighted by molar-refractivity contribution is -0.111. The second-order valence-electron chi connectivity index (χ2n) is 3.11. The van der Waals surface area contributed by atoms with Crippen molar-refractivity contribution in [3.8, 4) is 11.5 Å². The van der Waals surface area contributed by atoms with Gasteiger partial charge in [0.1, 0.15) is 6.26 Å². The minimum Gasteiger partial charge on any atom is -0.445 e. The molecule has 0 spiro atoms. The first-order valence-corrected chi connectivity index (χ1v) is 4.73. The highest BCUT2D eigenvalue weighted by molar-refractivity contribution is 5.98. The lowest BCUT2D eigenvalue weighted by Gasteiger charge is -2.02. The molecule has 0 unspecified atom stereocenters. The molecule has 0 aliphatic carbocycles. The van der Waals surface area contributed by atoms with Crippen LogP contribution in [0.4, 0.5) is 5.69 Å². The summed E-state index contributed by atoms with van der Waals surface area (Å²) in [6.45, 7) is 3.38. The van der Waals surface area contributed by atoms with Crippen LogP contribution >= 0.6 is 0 Å². The maximum atomic E-state index is 11.0. The fourth-order valence-electron chi connectivity index (χ4n) is 1.26. The Morgan fingerprint density at radius 1 is 1.38 bits per heavy atom. The van der Waals surface area contributed by atoms with Crippen LogP contribution in [0.2, 0.25) is 0 Å². The minimum absolute atomic E-state index is 0.233. The molecule has 0 radical (unpaired) electrons. The van der Waals surface area contributed by atoms with Gasteiger partial charge in [0.15, 0.2) is 0 Å². The van der Waals surface area contributed by atoms with Crippen LogP contribution in [-0.4, -0.2) is 10.9 Å². The Morgan fingerprint density at radius 3 is 2.69 bits per heavy atom. The Balaban J connectivity index is 2.17. The van der Waals surface area contributed by atoms with E-state index >= 15 is 0 Å². The van der Waals surface area contributed by atoms with E-state index in [1.807, 2.05) is 12.1 Å². The molecular weight excluding hydrogens is 204 g/mol. The number of hydrogen-bond donors (Lipinski definition) is 1. The van der Waals surface area contributed by atoms with Crippen LogP contribution in [-0.2, 0) is 4.79 Å². The molecule has 1 aromatic heterocycles. The molecule has 4 nitrogen and oxygen atoms in total. The molecular formula is C12H10N2O2. The van der Waals surface area contributed by atoms with Crippen molar-refractivity contribution < 1.29 is 9.21 Å². The Kier molecular flexibility index (Phi) is 2.82. The SMILES string of the molecule is C=CC(=O)Nc1ccc(-c2ncco2)cc1. The summed E-state index contributed by atoms with van der Waals surface area (Å²) in [6, 6.07) is 7.21. The van der Waals surface area contributed by atoms with Gasteiger partial charge in [-0.2, -0.15) is 0 Å². The molecule has 1 aromatic carbocycles. The molecule has 1 N–H and O–H groups in total. The van der Waals surface area contributed by atoms with E-state index < -0.39 is 0 Å². The van der Waals surface area contributed by atoms with Crippen LogP contribution in [0.3, 0.4) is 0 Å². The lowest BCUT2D eigenvalue weighted by atomic mass is 10.2. The molecule has 4 heteroatoms. The molecule has 1 amide bonds. The highest BCUT2D eigenvalue weighted by Crippen LogP contribution is 2.19. The average Bonchev–Trinajstić information content (AvgIpc) is 2.83. The topological polar surface area (TPSA) is 55.1 Å². The van der Waals surface area contributed by atoms with E-state index in [2.05, 4.69) is 16.9 Å². The van der Waals surface area contributed by atoms with Crippen molar-refractivity contribution in [2.75, 3.05) is 5.32 Å². The summed E-state index contributed by atoms with van der Waals surface area (Å²) in [5, 5.41) is 2.66. The number of oxazole rings is 1. The lowest BCUT2D eigenvalue weighted by Crippen LogP contribution is -2.06. The minimum atomic E-state index is -0.233. The molecule has 0 bridgehead atoms. The van der Waals surface area contributed by atoms with E-state index in [9.17, 15) is 4.79 Å². The van der Waals surface area contributed by atoms with E-state index in [0.717, 1.165) is 5.56 Å². The number of aromatic nitrogens is 1. The standard InChI is InChI=1S/C12H10N2O2/c1-2-11(15)14-10-5-3-9(4-6-10)12-13-7-8-16-12/h2-8H,1H2,(H,14,15). The Bertz CT molecular complexity index is 486. The summed E-state index contributed by atoms with van der Waals surface area (Å²) in [5.41, 5.74) is 1.57. The van der Waals surface area contributed by atoms with Crippen molar-refractivity contribution >= 4 is 11.6 Å². The van der Waals surface area contributed by atoms with Crippen molar-refractivity contribution in [1.82, 2.24) is 4.98 Å². The second kappa shape index (κ2) is 4.44. The molecule has 0 fully saturated rings. The number of nitrogens with zero attached hydrogens (tertiary/aromatic N) is 1. The van der Waals surface area contributed by atoms with Gasteiger partial charge in [0.2, 0.25) is 11.8 Å². The number of anilines is 1. The third-order valence-corrected chi connectivity index (χ3v) is 2.02. The summed E-state index contributed by atoms with van der Waals surface area (Å²) in [4.78, 5) is 15.1. The normalized spacial score (nSPS) is 9.75. The Labute approximate surface area is 92.6 Å². The van der Waals surface area contributed by atoms with Crippen LogP contribution in [0.5, 0.6) is 0 Å². The third kappa shape index (κ3) is 2.17. The highest BCUT2D eigenvalue weighted by Gasteiger charge is 2.02. The Hall–Kier alpha value is -2.36. The number of carbonyl (C=O) groups excluding carboxylic acids is 1. The summed E-state index contributed by atoms with van der Waals surface area (Å²) in [5.74, 6) is 0.325. The molecule has 1 heterocycles. The van der Waals surface area contributed by atoms with Gasteiger partial charge in [-0.1, -0.05) is 6.58 Å². The van der Waals surface area contributed by atoms with Gasteiger partial charge >= 0.3 is 0 Å². The van der Waals surface area contributed by atoms with E-state index in [1.165, 1.54) is 12.3 Å². The maximum absolute atomic E-state index is 11.0. The van der Waals surface area contributed by atoms with Gasteiger partial charge < -0.3 is 9.73 Å². The molecule has 2 aromatic rings. The molecule has 2 rings (SSSR count). The first-order chi connectivity index (χ1) is 7.79. The van der Waals surface area contributed by atoms with Crippen LogP contribution in [0.25, 0.3) is 11.5 Å². The van der Waals surface area contributed by atoms with Crippen molar-refractivity contribution in [2.24, 2.45) is 0 Å². The van der Waals surface area contributed by atoms with E-state index in [4.69, 9.17) is 4.42 Å². The number of carbonyl (C=O) groups is 1. The molecule has 0 aliphatic heterocycles. The van der Waals surface area contributed by atoms with Gasteiger partial charge in [-0.25, -0.2) is 4.98 Å². The zero-order valence-electron chi connectivity index (χ0n) is 8.51. The maximum Gasteiger partial charge on any atom is 0.247 e. The zero-order chi connectivity index (χ0) is 11.4. The Morgan fingerprint density at radius 2 is 2.12 bits per heavy atom. The van der Waals surface area contributed by atoms with Crippen LogP contribution < -0.4 is 5.32 Å². The second-order valence-corrected chi connectivity index (χ2v) is 3.11. The van der Waals surface area contributed by atoms with Gasteiger partial charge in [-0.15, -0.1) is 0 Å². The first kappa shape index (κ1) is 10.2. The number of rotatable bonds is 3. The van der Waals surface area contributed by atoms with Gasteiger partial charge in [0, 0.05) is 11.3 Å². The van der Waals surface area contributed by atoms with Crippen molar-refractivity contribution in [1.29, 1.82) is 0 Å². The van der Waals surface area contributed by atoms with Gasteiger partial charge in [0.25, 0.3) is 0 Å².